The summed E-state index contributed by atoms with van der Waals surface area (Å²) in [5.41, 5.74) is -0.189. The van der Waals surface area contributed by atoms with Gasteiger partial charge in [0.05, 0.1) is 16.1 Å². The van der Waals surface area contributed by atoms with Gasteiger partial charge >= 0.3 is 12.2 Å². The third kappa shape index (κ3) is 5.19. The number of halogens is 3. The van der Waals surface area contributed by atoms with E-state index in [0.29, 0.717) is 32.5 Å². The van der Waals surface area contributed by atoms with E-state index in [9.17, 15) is 22.8 Å². The minimum atomic E-state index is -4.55. The predicted octanol–water partition coefficient (Wildman–Crippen LogP) is 5.32. The number of anilines is 1. The van der Waals surface area contributed by atoms with E-state index in [-0.39, 0.29) is 11.6 Å². The highest BCUT2D eigenvalue weighted by Gasteiger charge is 2.46. The maximum absolute atomic E-state index is 13.2. The Hall–Kier alpha value is -2.94. The predicted molar refractivity (Wildman–Crippen MR) is 124 cm³/mol. The van der Waals surface area contributed by atoms with E-state index < -0.39 is 22.6 Å². The van der Waals surface area contributed by atoms with Crippen LogP contribution in [0.1, 0.15) is 24.0 Å². The van der Waals surface area contributed by atoms with Gasteiger partial charge in [-0.1, -0.05) is 42.5 Å². The standard InChI is InChI=1S/C24H24F3N3O2S/c25-24(26,27)19-8-4-5-9-20(19)28-22(32)29-14-12-23(13-15-29)30(16-17-33-23)21(31)11-10-18-6-2-1-3-7-18/h1-11H,12-17H2,(H,28,32)/b11-10+. The average molecular weight is 476 g/mol. The zero-order chi connectivity index (χ0) is 23.5. The van der Waals surface area contributed by atoms with Crippen LogP contribution in [0.2, 0.25) is 0 Å². The lowest BCUT2D eigenvalue weighted by atomic mass is 10.0. The van der Waals surface area contributed by atoms with Crippen LogP contribution in [0.5, 0.6) is 0 Å². The molecular formula is C24H24F3N3O2S. The number of piperidine rings is 1. The van der Waals surface area contributed by atoms with Crippen LogP contribution in [0.15, 0.2) is 60.7 Å². The molecule has 2 aromatic carbocycles. The van der Waals surface area contributed by atoms with Gasteiger partial charge in [0.25, 0.3) is 0 Å². The van der Waals surface area contributed by atoms with Crippen LogP contribution >= 0.6 is 11.8 Å². The van der Waals surface area contributed by atoms with Crippen molar-refractivity contribution < 1.29 is 22.8 Å². The normalized spacial score (nSPS) is 18.2. The number of nitrogens with zero attached hydrogens (tertiary/aromatic N) is 2. The van der Waals surface area contributed by atoms with E-state index in [1.54, 1.807) is 23.9 Å². The van der Waals surface area contributed by atoms with Gasteiger partial charge in [0.1, 0.15) is 0 Å². The second-order valence-electron chi connectivity index (χ2n) is 7.99. The second-order valence-corrected chi connectivity index (χ2v) is 9.45. The number of thioether (sulfide) groups is 1. The molecule has 9 heteroatoms. The first-order valence-corrected chi connectivity index (χ1v) is 11.7. The molecular weight excluding hydrogens is 451 g/mol. The first kappa shape index (κ1) is 23.2. The Labute approximate surface area is 194 Å². The molecule has 0 saturated carbocycles. The fourth-order valence-electron chi connectivity index (χ4n) is 4.25. The smallest absolute Gasteiger partial charge is 0.324 e. The summed E-state index contributed by atoms with van der Waals surface area (Å²) in [7, 11) is 0. The number of rotatable bonds is 3. The van der Waals surface area contributed by atoms with E-state index in [1.807, 2.05) is 35.2 Å². The molecule has 2 aromatic rings. The van der Waals surface area contributed by atoms with Crippen LogP contribution < -0.4 is 5.32 Å². The molecule has 0 radical (unpaired) electrons. The number of hydrogen-bond donors (Lipinski definition) is 1. The van der Waals surface area contributed by atoms with Gasteiger partial charge in [-0.3, -0.25) is 4.79 Å². The summed E-state index contributed by atoms with van der Waals surface area (Å²) < 4.78 is 39.7. The second kappa shape index (κ2) is 9.51. The first-order chi connectivity index (χ1) is 15.8. The summed E-state index contributed by atoms with van der Waals surface area (Å²) in [4.78, 5) is 28.6. The van der Waals surface area contributed by atoms with Crippen molar-refractivity contribution in [1.29, 1.82) is 0 Å². The maximum Gasteiger partial charge on any atom is 0.418 e. The topological polar surface area (TPSA) is 52.7 Å². The highest BCUT2D eigenvalue weighted by Crippen LogP contribution is 2.44. The molecule has 1 N–H and O–H groups in total. The van der Waals surface area contributed by atoms with E-state index in [1.165, 1.54) is 23.1 Å². The lowest BCUT2D eigenvalue weighted by molar-refractivity contribution is -0.137. The molecule has 0 atom stereocenters. The summed E-state index contributed by atoms with van der Waals surface area (Å²) in [6.45, 7) is 1.35. The van der Waals surface area contributed by atoms with Gasteiger partial charge in [0.15, 0.2) is 0 Å². The van der Waals surface area contributed by atoms with Gasteiger partial charge in [-0.2, -0.15) is 13.2 Å². The van der Waals surface area contributed by atoms with E-state index in [2.05, 4.69) is 5.32 Å². The SMILES string of the molecule is O=C(Nc1ccccc1C(F)(F)F)N1CCC2(CC1)SCCN2C(=O)/C=C/c1ccccc1. The third-order valence-corrected chi connectivity index (χ3v) is 7.52. The zero-order valence-corrected chi connectivity index (χ0v) is 18.7. The van der Waals surface area contributed by atoms with Crippen LogP contribution in [0.25, 0.3) is 6.08 Å². The molecule has 33 heavy (non-hydrogen) atoms. The molecule has 4 rings (SSSR count). The fourth-order valence-corrected chi connectivity index (χ4v) is 5.71. The lowest BCUT2D eigenvalue weighted by Gasteiger charge is -2.43. The minimum absolute atomic E-state index is 0.0686. The highest BCUT2D eigenvalue weighted by molar-refractivity contribution is 8.00. The van der Waals surface area contributed by atoms with Crippen molar-refractivity contribution in [2.45, 2.75) is 23.9 Å². The van der Waals surface area contributed by atoms with Crippen LogP contribution in [0.3, 0.4) is 0 Å². The molecule has 2 fully saturated rings. The van der Waals surface area contributed by atoms with Gasteiger partial charge in [-0.25, -0.2) is 4.79 Å². The molecule has 0 aromatic heterocycles. The molecule has 5 nitrogen and oxygen atoms in total. The number of nitrogens with one attached hydrogen (secondary N) is 1. The number of carbonyl (C=O) groups is 2. The van der Waals surface area contributed by atoms with Crippen LogP contribution in [0, 0.1) is 0 Å². The van der Waals surface area contributed by atoms with E-state index in [4.69, 9.17) is 0 Å². The number of para-hydroxylation sites is 1. The first-order valence-electron chi connectivity index (χ1n) is 10.7. The summed E-state index contributed by atoms with van der Waals surface area (Å²) in [5.74, 6) is 0.747. The monoisotopic (exact) mass is 475 g/mol. The number of urea groups is 1. The van der Waals surface area contributed by atoms with Gasteiger partial charge in [0.2, 0.25) is 5.91 Å². The number of likely N-dealkylation sites (tertiary alicyclic amines) is 1. The molecule has 0 aliphatic carbocycles. The molecule has 2 aliphatic heterocycles. The molecule has 2 saturated heterocycles. The number of carbonyl (C=O) groups excluding carboxylic acids is 2. The van der Waals surface area contributed by atoms with Crippen LogP contribution in [-0.4, -0.2) is 52.0 Å². The van der Waals surface area contributed by atoms with Crippen molar-refractivity contribution in [3.05, 3.63) is 71.8 Å². The Balaban J connectivity index is 1.39. The quantitative estimate of drug-likeness (QED) is 0.612. The number of benzene rings is 2. The Morgan fingerprint density at radius 1 is 0.970 bits per heavy atom. The molecule has 0 bridgehead atoms. The van der Waals surface area contributed by atoms with Crippen molar-refractivity contribution in [1.82, 2.24) is 9.80 Å². The third-order valence-electron chi connectivity index (χ3n) is 5.97. The van der Waals surface area contributed by atoms with Crippen molar-refractivity contribution in [3.63, 3.8) is 0 Å². The van der Waals surface area contributed by atoms with Crippen LogP contribution in [-0.2, 0) is 11.0 Å². The van der Waals surface area contributed by atoms with E-state index >= 15 is 0 Å². The van der Waals surface area contributed by atoms with Gasteiger partial charge < -0.3 is 15.1 Å². The van der Waals surface area contributed by atoms with Crippen molar-refractivity contribution in [2.75, 3.05) is 30.7 Å². The Morgan fingerprint density at radius 3 is 2.33 bits per heavy atom. The molecule has 3 amide bonds. The summed E-state index contributed by atoms with van der Waals surface area (Å²) in [5, 5.41) is 2.41. The van der Waals surface area contributed by atoms with Gasteiger partial charge in [-0.05, 0) is 36.6 Å². The highest BCUT2D eigenvalue weighted by atomic mass is 32.2. The summed E-state index contributed by atoms with van der Waals surface area (Å²) >= 11 is 1.71. The number of amides is 3. The Morgan fingerprint density at radius 2 is 1.64 bits per heavy atom. The molecule has 174 valence electrons. The summed E-state index contributed by atoms with van der Waals surface area (Å²) in [6.07, 6.45) is -0.0475. The summed E-state index contributed by atoms with van der Waals surface area (Å²) in [6, 6.07) is 14.0. The van der Waals surface area contributed by atoms with Crippen LogP contribution in [0.4, 0.5) is 23.7 Å². The molecule has 2 aliphatic rings. The molecule has 0 unspecified atom stereocenters. The Kier molecular flexibility index (Phi) is 6.69. The van der Waals surface area contributed by atoms with Crippen molar-refractivity contribution >= 4 is 35.5 Å². The fraction of sp³-hybridized carbons (Fsp3) is 0.333. The largest absolute Gasteiger partial charge is 0.418 e. The van der Waals surface area contributed by atoms with Crippen molar-refractivity contribution in [2.24, 2.45) is 0 Å². The van der Waals surface area contributed by atoms with E-state index in [0.717, 1.165) is 17.4 Å². The van der Waals surface area contributed by atoms with Gasteiger partial charge in [-0.15, -0.1) is 11.8 Å². The van der Waals surface area contributed by atoms with Crippen molar-refractivity contribution in [3.8, 4) is 0 Å². The number of alkyl halides is 3. The van der Waals surface area contributed by atoms with Gasteiger partial charge in [0, 0.05) is 31.5 Å². The number of hydrogen-bond acceptors (Lipinski definition) is 3. The molecule has 1 spiro atoms. The maximum atomic E-state index is 13.2. The zero-order valence-electron chi connectivity index (χ0n) is 17.8. The Bertz CT molecular complexity index is 1030. The average Bonchev–Trinajstić information content (AvgIpc) is 3.21. The minimum Gasteiger partial charge on any atom is -0.324 e. The lowest BCUT2D eigenvalue weighted by Crippen LogP contribution is -2.54. The molecule has 2 heterocycles.